The van der Waals surface area contributed by atoms with Crippen molar-refractivity contribution in [3.63, 3.8) is 0 Å². The summed E-state index contributed by atoms with van der Waals surface area (Å²) < 4.78 is 5.14. The van der Waals surface area contributed by atoms with Crippen molar-refractivity contribution in [2.45, 2.75) is 31.2 Å². The van der Waals surface area contributed by atoms with Crippen molar-refractivity contribution >= 4 is 20.1 Å². The third kappa shape index (κ3) is 3.46. The molecule has 7 heteroatoms. The van der Waals surface area contributed by atoms with Crippen LogP contribution in [0, 0.1) is 0 Å². The second-order valence-electron chi connectivity index (χ2n) is 5.92. The molecule has 1 rings (SSSR count). The number of carboxylic acid groups (broad SMARTS) is 1. The lowest BCUT2D eigenvalue weighted by molar-refractivity contribution is -0.151. The van der Waals surface area contributed by atoms with Crippen LogP contribution in [0.15, 0.2) is 0 Å². The van der Waals surface area contributed by atoms with Gasteiger partial charge in [0.15, 0.2) is 5.54 Å². The van der Waals surface area contributed by atoms with Crippen molar-refractivity contribution in [1.29, 1.82) is 0 Å². The van der Waals surface area contributed by atoms with E-state index in [1.165, 1.54) is 4.90 Å². The third-order valence-corrected chi connectivity index (χ3v) is 4.85. The van der Waals surface area contributed by atoms with E-state index in [2.05, 4.69) is 25.0 Å². The number of aliphatic carboxylic acids is 1. The number of nitrogens with zero attached hydrogens (tertiary/aromatic N) is 1. The minimum atomic E-state index is -1.21. The van der Waals surface area contributed by atoms with E-state index < -0.39 is 25.7 Å². The van der Waals surface area contributed by atoms with E-state index in [4.69, 9.17) is 9.84 Å². The molecule has 18 heavy (non-hydrogen) atoms. The summed E-state index contributed by atoms with van der Waals surface area (Å²) in [5.74, 6) is -0.934. The number of hydrogen-bond donors (Lipinski definition) is 2. The Bertz CT molecular complexity index is 334. The molecule has 0 unspecified atom stereocenters. The summed E-state index contributed by atoms with van der Waals surface area (Å²) in [5, 5.41) is 11.8. The second-order valence-corrected chi connectivity index (χ2v) is 11.5. The third-order valence-electron chi connectivity index (χ3n) is 3.15. The van der Waals surface area contributed by atoms with Crippen LogP contribution in [-0.2, 0) is 9.53 Å². The molecule has 1 amide bonds. The van der Waals surface area contributed by atoms with E-state index in [9.17, 15) is 9.59 Å². The molecule has 2 N–H and O–H groups in total. The highest BCUT2D eigenvalue weighted by molar-refractivity contribution is 6.76. The normalized spacial score (nSPS) is 18.1. The average Bonchev–Trinajstić information content (AvgIpc) is 2.14. The molecule has 0 bridgehead atoms. The second kappa shape index (κ2) is 5.27. The zero-order valence-electron chi connectivity index (χ0n) is 11.4. The SMILES string of the molecule is CNC1(C(=O)O)CN(C(=O)OCC[Si](C)(C)C)C1. The number of rotatable bonds is 5. The summed E-state index contributed by atoms with van der Waals surface area (Å²) in [6.07, 6.45) is -0.416. The van der Waals surface area contributed by atoms with E-state index in [-0.39, 0.29) is 13.1 Å². The van der Waals surface area contributed by atoms with Crippen molar-refractivity contribution in [3.05, 3.63) is 0 Å². The van der Waals surface area contributed by atoms with E-state index in [1.54, 1.807) is 7.05 Å². The minimum absolute atomic E-state index is 0.157. The number of carboxylic acids is 1. The quantitative estimate of drug-likeness (QED) is 0.726. The van der Waals surface area contributed by atoms with Gasteiger partial charge in [-0.1, -0.05) is 19.6 Å². The van der Waals surface area contributed by atoms with Crippen LogP contribution in [0.5, 0.6) is 0 Å². The maximum absolute atomic E-state index is 11.6. The molecule has 0 spiro atoms. The summed E-state index contributed by atoms with van der Waals surface area (Å²) in [7, 11) is 0.379. The lowest BCUT2D eigenvalue weighted by Gasteiger charge is -2.45. The van der Waals surface area contributed by atoms with E-state index in [0.29, 0.717) is 6.61 Å². The molecule has 1 fully saturated rings. The Morgan fingerprint density at radius 1 is 1.39 bits per heavy atom. The van der Waals surface area contributed by atoms with Gasteiger partial charge < -0.3 is 20.1 Å². The lowest BCUT2D eigenvalue weighted by atomic mass is 9.91. The molecule has 0 aromatic rings. The lowest BCUT2D eigenvalue weighted by Crippen LogP contribution is -2.73. The van der Waals surface area contributed by atoms with Gasteiger partial charge in [-0.2, -0.15) is 0 Å². The number of hydrogen-bond acceptors (Lipinski definition) is 4. The number of likely N-dealkylation sites (N-methyl/N-ethyl adjacent to an activating group) is 1. The Morgan fingerprint density at radius 2 is 1.94 bits per heavy atom. The number of likely N-dealkylation sites (tertiary alicyclic amines) is 1. The molecule has 1 saturated heterocycles. The number of carbonyl (C=O) groups excluding carboxylic acids is 1. The van der Waals surface area contributed by atoms with Crippen LogP contribution in [0.2, 0.25) is 25.7 Å². The maximum Gasteiger partial charge on any atom is 0.409 e. The first-order valence-electron chi connectivity index (χ1n) is 6.04. The molecule has 104 valence electrons. The van der Waals surface area contributed by atoms with Crippen molar-refractivity contribution in [2.24, 2.45) is 0 Å². The van der Waals surface area contributed by atoms with Crippen molar-refractivity contribution in [1.82, 2.24) is 10.2 Å². The Labute approximate surface area is 108 Å². The van der Waals surface area contributed by atoms with Crippen LogP contribution in [0.1, 0.15) is 0 Å². The molecule has 0 aromatic carbocycles. The van der Waals surface area contributed by atoms with Gasteiger partial charge in [0, 0.05) is 8.07 Å². The Hall–Kier alpha value is -1.08. The van der Waals surface area contributed by atoms with Crippen LogP contribution < -0.4 is 5.32 Å². The molecule has 0 atom stereocenters. The highest BCUT2D eigenvalue weighted by Crippen LogP contribution is 2.22. The van der Waals surface area contributed by atoms with Gasteiger partial charge in [-0.3, -0.25) is 4.79 Å². The molecule has 0 aliphatic carbocycles. The van der Waals surface area contributed by atoms with Crippen LogP contribution in [0.25, 0.3) is 0 Å². The topological polar surface area (TPSA) is 78.9 Å². The smallest absolute Gasteiger partial charge is 0.409 e. The number of amides is 1. The number of ether oxygens (including phenoxy) is 1. The molecule has 1 aliphatic rings. The molecule has 0 radical (unpaired) electrons. The minimum Gasteiger partial charge on any atom is -0.480 e. The highest BCUT2D eigenvalue weighted by atomic mass is 28.3. The van der Waals surface area contributed by atoms with Gasteiger partial charge >= 0.3 is 12.1 Å². The van der Waals surface area contributed by atoms with Crippen molar-refractivity contribution in [3.8, 4) is 0 Å². The zero-order valence-corrected chi connectivity index (χ0v) is 12.4. The van der Waals surface area contributed by atoms with E-state index in [0.717, 1.165) is 6.04 Å². The van der Waals surface area contributed by atoms with Gasteiger partial charge in [-0.25, -0.2) is 4.79 Å². The first kappa shape index (κ1) is 15.0. The number of nitrogens with one attached hydrogen (secondary N) is 1. The summed E-state index contributed by atoms with van der Waals surface area (Å²) in [6, 6.07) is 0.919. The first-order valence-corrected chi connectivity index (χ1v) is 9.75. The predicted molar refractivity (Wildman–Crippen MR) is 70.5 cm³/mol. The summed E-state index contributed by atoms with van der Waals surface area (Å²) >= 11 is 0. The van der Waals surface area contributed by atoms with E-state index in [1.807, 2.05) is 0 Å². The van der Waals surface area contributed by atoms with Crippen LogP contribution in [0.3, 0.4) is 0 Å². The van der Waals surface area contributed by atoms with Gasteiger partial charge in [-0.15, -0.1) is 0 Å². The Balaban J connectivity index is 2.33. The monoisotopic (exact) mass is 274 g/mol. The van der Waals surface area contributed by atoms with Crippen LogP contribution in [-0.4, -0.2) is 62.4 Å². The Kier molecular flexibility index (Phi) is 4.39. The molecule has 6 nitrogen and oxygen atoms in total. The first-order chi connectivity index (χ1) is 8.20. The fraction of sp³-hybridized carbons (Fsp3) is 0.818. The summed E-state index contributed by atoms with van der Waals surface area (Å²) in [6.45, 7) is 7.36. The van der Waals surface area contributed by atoms with Crippen molar-refractivity contribution < 1.29 is 19.4 Å². The van der Waals surface area contributed by atoms with Crippen molar-refractivity contribution in [2.75, 3.05) is 26.7 Å². The largest absolute Gasteiger partial charge is 0.480 e. The molecule has 1 aliphatic heterocycles. The molecular formula is C11H22N2O4Si. The fourth-order valence-electron chi connectivity index (χ4n) is 1.67. The van der Waals surface area contributed by atoms with Crippen LogP contribution >= 0.6 is 0 Å². The molecular weight excluding hydrogens is 252 g/mol. The van der Waals surface area contributed by atoms with Gasteiger partial charge in [-0.05, 0) is 13.1 Å². The summed E-state index contributed by atoms with van der Waals surface area (Å²) in [4.78, 5) is 24.1. The van der Waals surface area contributed by atoms with Gasteiger partial charge in [0.1, 0.15) is 0 Å². The molecule has 0 saturated carbocycles. The highest BCUT2D eigenvalue weighted by Gasteiger charge is 2.51. The Morgan fingerprint density at radius 3 is 2.33 bits per heavy atom. The molecule has 1 heterocycles. The van der Waals surface area contributed by atoms with Gasteiger partial charge in [0.05, 0.1) is 19.7 Å². The fourth-order valence-corrected chi connectivity index (χ4v) is 2.38. The zero-order chi connectivity index (χ0) is 14.0. The number of carbonyl (C=O) groups is 2. The average molecular weight is 274 g/mol. The van der Waals surface area contributed by atoms with E-state index >= 15 is 0 Å². The summed E-state index contributed by atoms with van der Waals surface area (Å²) in [5.41, 5.74) is -1.00. The van der Waals surface area contributed by atoms with Gasteiger partial charge in [0.2, 0.25) is 0 Å². The molecule has 0 aromatic heterocycles. The van der Waals surface area contributed by atoms with Gasteiger partial charge in [0.25, 0.3) is 0 Å². The van der Waals surface area contributed by atoms with Crippen LogP contribution in [0.4, 0.5) is 4.79 Å². The predicted octanol–water partition coefficient (Wildman–Crippen LogP) is 0.820. The maximum atomic E-state index is 11.6. The standard InChI is InChI=1S/C11H22N2O4Si/c1-12-11(9(14)15)7-13(8-11)10(16)17-5-6-18(2,3)4/h12H,5-8H2,1-4H3,(H,14,15).